The maximum absolute atomic E-state index is 12.5. The Morgan fingerprint density at radius 3 is 2.42 bits per heavy atom. The monoisotopic (exact) mass is 454 g/mol. The van der Waals surface area contributed by atoms with Crippen LogP contribution in [0.1, 0.15) is 35.7 Å². The topological polar surface area (TPSA) is 101 Å². The van der Waals surface area contributed by atoms with Crippen LogP contribution in [0.4, 0.5) is 10.6 Å². The Morgan fingerprint density at radius 2 is 1.76 bits per heavy atom. The van der Waals surface area contributed by atoms with Gasteiger partial charge < -0.3 is 24.6 Å². The summed E-state index contributed by atoms with van der Waals surface area (Å²) in [5, 5.41) is 2.68. The largest absolute Gasteiger partial charge is 0.462 e. The number of carbonyl (C=O) groups is 3. The molecule has 9 heteroatoms. The van der Waals surface area contributed by atoms with E-state index in [2.05, 4.69) is 15.2 Å². The number of rotatable bonds is 9. The Kier molecular flexibility index (Phi) is 9.05. The average molecular weight is 455 g/mol. The maximum atomic E-state index is 12.5. The summed E-state index contributed by atoms with van der Waals surface area (Å²) >= 11 is 0. The van der Waals surface area contributed by atoms with E-state index in [0.29, 0.717) is 57.7 Å². The SMILES string of the molecule is CCOC(=O)c1ccc(N2CCN(C(=O)CCCNC(=O)OCc3ccccc3)CC2)nc1. The van der Waals surface area contributed by atoms with Crippen LogP contribution < -0.4 is 10.2 Å². The first-order chi connectivity index (χ1) is 16.1. The fourth-order valence-electron chi connectivity index (χ4n) is 3.46. The van der Waals surface area contributed by atoms with E-state index < -0.39 is 6.09 Å². The lowest BCUT2D eigenvalue weighted by Crippen LogP contribution is -2.49. The van der Waals surface area contributed by atoms with Crippen LogP contribution in [0.5, 0.6) is 0 Å². The van der Waals surface area contributed by atoms with Gasteiger partial charge in [0.15, 0.2) is 0 Å². The number of benzene rings is 1. The number of esters is 1. The molecule has 176 valence electrons. The highest BCUT2D eigenvalue weighted by Crippen LogP contribution is 2.15. The van der Waals surface area contributed by atoms with Crippen molar-refractivity contribution in [1.29, 1.82) is 0 Å². The molecule has 9 nitrogen and oxygen atoms in total. The van der Waals surface area contributed by atoms with Crippen molar-refractivity contribution >= 4 is 23.8 Å². The Hall–Kier alpha value is -3.62. The summed E-state index contributed by atoms with van der Waals surface area (Å²) in [4.78, 5) is 44.2. The van der Waals surface area contributed by atoms with Gasteiger partial charge in [0.1, 0.15) is 12.4 Å². The van der Waals surface area contributed by atoms with Gasteiger partial charge in [0.2, 0.25) is 5.91 Å². The fourth-order valence-corrected chi connectivity index (χ4v) is 3.46. The zero-order valence-corrected chi connectivity index (χ0v) is 18.9. The second-order valence-corrected chi connectivity index (χ2v) is 7.59. The minimum atomic E-state index is -0.485. The number of piperazine rings is 1. The Balaban J connectivity index is 1.31. The summed E-state index contributed by atoms with van der Waals surface area (Å²) < 4.78 is 10.1. The van der Waals surface area contributed by atoms with Gasteiger partial charge >= 0.3 is 12.1 Å². The predicted molar refractivity (Wildman–Crippen MR) is 123 cm³/mol. The molecule has 1 aliphatic heterocycles. The number of hydrogen-bond donors (Lipinski definition) is 1. The van der Waals surface area contributed by atoms with Gasteiger partial charge in [0.05, 0.1) is 12.2 Å². The smallest absolute Gasteiger partial charge is 0.407 e. The standard InChI is InChI=1S/C24H30N4O5/c1-2-32-23(30)20-10-11-21(26-17-20)27-13-15-28(16-14-27)22(29)9-6-12-25-24(31)33-18-19-7-4-3-5-8-19/h3-5,7-8,10-11,17H,2,6,9,12-16,18H2,1H3,(H,25,31). The molecule has 2 aromatic rings. The van der Waals surface area contributed by atoms with E-state index in [9.17, 15) is 14.4 Å². The van der Waals surface area contributed by atoms with Gasteiger partial charge in [-0.3, -0.25) is 4.79 Å². The molecular formula is C24H30N4O5. The molecule has 1 aromatic heterocycles. The number of amides is 2. The number of anilines is 1. The lowest BCUT2D eigenvalue weighted by Gasteiger charge is -2.35. The van der Waals surface area contributed by atoms with Crippen molar-refractivity contribution in [2.75, 3.05) is 44.2 Å². The first-order valence-corrected chi connectivity index (χ1v) is 11.2. The van der Waals surface area contributed by atoms with E-state index in [1.807, 2.05) is 35.2 Å². The lowest BCUT2D eigenvalue weighted by atomic mass is 10.2. The summed E-state index contributed by atoms with van der Waals surface area (Å²) in [6.45, 7) is 5.23. The maximum Gasteiger partial charge on any atom is 0.407 e. The number of carbonyl (C=O) groups excluding carboxylic acids is 3. The average Bonchev–Trinajstić information content (AvgIpc) is 2.86. The second-order valence-electron chi connectivity index (χ2n) is 7.59. The van der Waals surface area contributed by atoms with Crippen molar-refractivity contribution in [3.63, 3.8) is 0 Å². The molecule has 1 N–H and O–H groups in total. The number of pyridine rings is 1. The minimum Gasteiger partial charge on any atom is -0.462 e. The van der Waals surface area contributed by atoms with E-state index >= 15 is 0 Å². The van der Waals surface area contributed by atoms with Gasteiger partial charge in [0, 0.05) is 45.3 Å². The van der Waals surface area contributed by atoms with Crippen LogP contribution >= 0.6 is 0 Å². The van der Waals surface area contributed by atoms with Gasteiger partial charge in [-0.2, -0.15) is 0 Å². The van der Waals surface area contributed by atoms with Gasteiger partial charge in [-0.05, 0) is 31.0 Å². The quantitative estimate of drug-likeness (QED) is 0.459. The first kappa shape index (κ1) is 24.0. The number of alkyl carbamates (subject to hydrolysis) is 1. The molecule has 2 amide bonds. The molecule has 0 saturated carbocycles. The fraction of sp³-hybridized carbons (Fsp3) is 0.417. The first-order valence-electron chi connectivity index (χ1n) is 11.2. The Morgan fingerprint density at radius 1 is 1.00 bits per heavy atom. The van der Waals surface area contributed by atoms with Crippen LogP contribution in [0.3, 0.4) is 0 Å². The zero-order chi connectivity index (χ0) is 23.5. The van der Waals surface area contributed by atoms with Gasteiger partial charge in [-0.25, -0.2) is 14.6 Å². The molecule has 0 radical (unpaired) electrons. The van der Waals surface area contributed by atoms with Crippen molar-refractivity contribution in [3.8, 4) is 0 Å². The zero-order valence-electron chi connectivity index (χ0n) is 18.9. The third-order valence-electron chi connectivity index (χ3n) is 5.26. The number of hydrogen-bond acceptors (Lipinski definition) is 7. The summed E-state index contributed by atoms with van der Waals surface area (Å²) in [7, 11) is 0. The molecule has 2 heterocycles. The summed E-state index contributed by atoms with van der Waals surface area (Å²) in [6, 6.07) is 13.0. The van der Waals surface area contributed by atoms with Crippen LogP contribution in [0.25, 0.3) is 0 Å². The molecule has 1 saturated heterocycles. The number of nitrogens with one attached hydrogen (secondary N) is 1. The highest BCUT2D eigenvalue weighted by Gasteiger charge is 2.22. The molecule has 1 fully saturated rings. The van der Waals surface area contributed by atoms with Crippen LogP contribution in [-0.2, 0) is 20.9 Å². The van der Waals surface area contributed by atoms with Gasteiger partial charge in [-0.1, -0.05) is 30.3 Å². The van der Waals surface area contributed by atoms with Crippen molar-refractivity contribution < 1.29 is 23.9 Å². The lowest BCUT2D eigenvalue weighted by molar-refractivity contribution is -0.131. The molecular weight excluding hydrogens is 424 g/mol. The predicted octanol–water partition coefficient (Wildman–Crippen LogP) is 2.61. The van der Waals surface area contributed by atoms with Crippen molar-refractivity contribution in [1.82, 2.24) is 15.2 Å². The molecule has 0 unspecified atom stereocenters. The summed E-state index contributed by atoms with van der Waals surface area (Å²) in [6.07, 6.45) is 1.95. The number of aromatic nitrogens is 1. The molecule has 3 rings (SSSR count). The third-order valence-corrected chi connectivity index (χ3v) is 5.26. The minimum absolute atomic E-state index is 0.0692. The molecule has 0 spiro atoms. The summed E-state index contributed by atoms with van der Waals surface area (Å²) in [5.41, 5.74) is 1.35. The van der Waals surface area contributed by atoms with Crippen molar-refractivity contribution in [2.45, 2.75) is 26.4 Å². The second kappa shape index (κ2) is 12.4. The summed E-state index contributed by atoms with van der Waals surface area (Å²) in [5.74, 6) is 0.457. The molecule has 0 bridgehead atoms. The molecule has 33 heavy (non-hydrogen) atoms. The highest BCUT2D eigenvalue weighted by atomic mass is 16.5. The highest BCUT2D eigenvalue weighted by molar-refractivity contribution is 5.89. The van der Waals surface area contributed by atoms with Gasteiger partial charge in [0.25, 0.3) is 0 Å². The number of nitrogens with zero attached hydrogens (tertiary/aromatic N) is 3. The third kappa shape index (κ3) is 7.48. The Labute approximate surface area is 193 Å². The van der Waals surface area contributed by atoms with Crippen molar-refractivity contribution in [2.24, 2.45) is 0 Å². The van der Waals surface area contributed by atoms with Crippen LogP contribution in [0.2, 0.25) is 0 Å². The molecule has 1 aliphatic rings. The van der Waals surface area contributed by atoms with Crippen LogP contribution in [0, 0.1) is 0 Å². The van der Waals surface area contributed by atoms with E-state index in [0.717, 1.165) is 11.4 Å². The Bertz CT molecular complexity index is 912. The van der Waals surface area contributed by atoms with E-state index in [1.54, 1.807) is 19.1 Å². The van der Waals surface area contributed by atoms with Gasteiger partial charge in [-0.15, -0.1) is 0 Å². The van der Waals surface area contributed by atoms with E-state index in [1.165, 1.54) is 6.20 Å². The molecule has 0 atom stereocenters. The van der Waals surface area contributed by atoms with E-state index in [-0.39, 0.29) is 18.5 Å². The normalized spacial score (nSPS) is 13.4. The van der Waals surface area contributed by atoms with Crippen molar-refractivity contribution in [3.05, 3.63) is 59.8 Å². The molecule has 1 aromatic carbocycles. The van der Waals surface area contributed by atoms with Crippen LogP contribution in [-0.4, -0.2) is 67.2 Å². The number of ether oxygens (including phenoxy) is 2. The van der Waals surface area contributed by atoms with Crippen LogP contribution in [0.15, 0.2) is 48.7 Å². The molecule has 0 aliphatic carbocycles. The van der Waals surface area contributed by atoms with E-state index in [4.69, 9.17) is 9.47 Å².